The molecule has 2 N–H and O–H groups in total. The molecule has 176 valence electrons. The highest BCUT2D eigenvalue weighted by Gasteiger charge is 2.59. The maximum Gasteiger partial charge on any atom is 0.573 e. The van der Waals surface area contributed by atoms with Crippen molar-refractivity contribution in [3.05, 3.63) is 58.6 Å². The van der Waals surface area contributed by atoms with Crippen molar-refractivity contribution in [1.82, 2.24) is 9.80 Å². The molecular weight excluding hydrogens is 463 g/mol. The Balaban J connectivity index is 2.03. The highest BCUT2D eigenvalue weighted by atomic mass is 35.5. The van der Waals surface area contributed by atoms with Gasteiger partial charge >= 0.3 is 6.36 Å². The Morgan fingerprint density at radius 3 is 2.61 bits per heavy atom. The predicted molar refractivity (Wildman–Crippen MR) is 114 cm³/mol. The van der Waals surface area contributed by atoms with Crippen molar-refractivity contribution in [2.45, 2.75) is 30.5 Å². The molecule has 0 radical (unpaired) electrons. The number of nitrogens with zero attached hydrogens (tertiary/aromatic N) is 2. The van der Waals surface area contributed by atoms with E-state index >= 15 is 0 Å². The minimum atomic E-state index is -5.02. The maximum atomic E-state index is 13.7. The van der Waals surface area contributed by atoms with Gasteiger partial charge in [-0.2, -0.15) is 0 Å². The number of ether oxygens (including phenoxy) is 1. The van der Waals surface area contributed by atoms with Crippen LogP contribution in [-0.2, 0) is 15.1 Å². The first-order valence-electron chi connectivity index (χ1n) is 10.1. The van der Waals surface area contributed by atoms with Crippen molar-refractivity contribution in [3.63, 3.8) is 0 Å². The molecule has 2 amide bonds. The highest BCUT2D eigenvalue weighted by molar-refractivity contribution is 6.31. The molecule has 0 aliphatic carbocycles. The van der Waals surface area contributed by atoms with Crippen LogP contribution in [0.4, 0.5) is 18.9 Å². The largest absolute Gasteiger partial charge is 0.573 e. The molecule has 3 atom stereocenters. The fourth-order valence-electron chi connectivity index (χ4n) is 4.66. The van der Waals surface area contributed by atoms with Crippen molar-refractivity contribution in [2.75, 3.05) is 26.0 Å². The van der Waals surface area contributed by atoms with E-state index in [-0.39, 0.29) is 29.1 Å². The third-order valence-electron chi connectivity index (χ3n) is 5.89. The van der Waals surface area contributed by atoms with Crippen LogP contribution < -0.4 is 10.1 Å². The molecule has 7 nitrogen and oxygen atoms in total. The minimum absolute atomic E-state index is 0.00420. The van der Waals surface area contributed by atoms with Gasteiger partial charge in [0.05, 0.1) is 12.1 Å². The van der Waals surface area contributed by atoms with Crippen molar-refractivity contribution in [2.24, 2.45) is 0 Å². The highest BCUT2D eigenvalue weighted by Crippen LogP contribution is 2.51. The van der Waals surface area contributed by atoms with Crippen LogP contribution >= 0.6 is 11.6 Å². The Hall–Kier alpha value is -2.82. The van der Waals surface area contributed by atoms with E-state index in [1.807, 2.05) is 0 Å². The van der Waals surface area contributed by atoms with Crippen LogP contribution in [0.25, 0.3) is 0 Å². The lowest BCUT2D eigenvalue weighted by Crippen LogP contribution is -2.57. The van der Waals surface area contributed by atoms with Crippen LogP contribution in [-0.4, -0.2) is 65.9 Å². The zero-order valence-corrected chi connectivity index (χ0v) is 18.4. The molecule has 1 fully saturated rings. The lowest BCUT2D eigenvalue weighted by atomic mass is 9.80. The van der Waals surface area contributed by atoms with Gasteiger partial charge in [0.1, 0.15) is 5.75 Å². The van der Waals surface area contributed by atoms with E-state index in [0.717, 1.165) is 6.07 Å². The number of alkyl halides is 3. The SMILES string of the molecule is CN(C)C(=O)[C@@H]1C[C@@H](O)CN1C1(c2ccccc2OC(F)(F)F)C(=O)Nc2ccc(Cl)cc21. The Bertz CT molecular complexity index is 1110. The van der Waals surface area contributed by atoms with E-state index in [1.165, 1.54) is 54.2 Å². The molecule has 11 heteroatoms. The van der Waals surface area contributed by atoms with Crippen molar-refractivity contribution < 1.29 is 32.6 Å². The van der Waals surface area contributed by atoms with Crippen molar-refractivity contribution in [1.29, 1.82) is 0 Å². The summed E-state index contributed by atoms with van der Waals surface area (Å²) in [5.41, 5.74) is -1.42. The zero-order valence-electron chi connectivity index (χ0n) is 17.7. The third kappa shape index (κ3) is 3.92. The fourth-order valence-corrected chi connectivity index (χ4v) is 4.84. The summed E-state index contributed by atoms with van der Waals surface area (Å²) in [7, 11) is 3.05. The number of carbonyl (C=O) groups is 2. The van der Waals surface area contributed by atoms with Crippen LogP contribution in [0.1, 0.15) is 17.5 Å². The van der Waals surface area contributed by atoms with Crippen molar-refractivity contribution >= 4 is 29.1 Å². The third-order valence-corrected chi connectivity index (χ3v) is 6.12. The predicted octanol–water partition coefficient (Wildman–Crippen LogP) is 2.96. The number of hydrogen-bond acceptors (Lipinski definition) is 5. The molecule has 0 spiro atoms. The lowest BCUT2D eigenvalue weighted by Gasteiger charge is -2.41. The first-order valence-corrected chi connectivity index (χ1v) is 10.5. The second kappa shape index (κ2) is 8.19. The summed E-state index contributed by atoms with van der Waals surface area (Å²) >= 11 is 6.22. The molecule has 2 aromatic carbocycles. The Labute approximate surface area is 192 Å². The van der Waals surface area contributed by atoms with Gasteiger partial charge < -0.3 is 20.1 Å². The number of halogens is 4. The molecule has 4 rings (SSSR count). The Morgan fingerprint density at radius 2 is 1.94 bits per heavy atom. The maximum absolute atomic E-state index is 13.7. The van der Waals surface area contributed by atoms with E-state index in [4.69, 9.17) is 11.6 Å². The number of benzene rings is 2. The van der Waals surface area contributed by atoms with E-state index in [1.54, 1.807) is 6.07 Å². The smallest absolute Gasteiger partial charge is 0.405 e. The molecule has 0 bridgehead atoms. The summed E-state index contributed by atoms with van der Waals surface area (Å²) in [5, 5.41) is 13.4. The summed E-state index contributed by atoms with van der Waals surface area (Å²) in [4.78, 5) is 29.5. The number of likely N-dealkylation sites (tertiary alicyclic amines) is 1. The fraction of sp³-hybridized carbons (Fsp3) is 0.364. The molecule has 0 aromatic heterocycles. The van der Waals surface area contributed by atoms with Gasteiger partial charge in [0.2, 0.25) is 5.91 Å². The van der Waals surface area contributed by atoms with Crippen LogP contribution in [0.2, 0.25) is 5.02 Å². The number of β-amino-alcohol motifs (C(OH)–C–C–N with tert-alkyl or cyclic N) is 1. The van der Waals surface area contributed by atoms with Crippen LogP contribution in [0.15, 0.2) is 42.5 Å². The first kappa shape index (κ1) is 23.3. The molecular formula is C22H21ClF3N3O4. The number of rotatable bonds is 4. The van der Waals surface area contributed by atoms with Gasteiger partial charge in [-0.1, -0.05) is 29.8 Å². The lowest BCUT2D eigenvalue weighted by molar-refractivity contribution is -0.275. The molecule has 33 heavy (non-hydrogen) atoms. The van der Waals surface area contributed by atoms with Crippen LogP contribution in [0, 0.1) is 0 Å². The van der Waals surface area contributed by atoms with Gasteiger partial charge in [-0.25, -0.2) is 0 Å². The molecule has 2 aliphatic rings. The minimum Gasteiger partial charge on any atom is -0.405 e. The van der Waals surface area contributed by atoms with Gasteiger partial charge in [0.25, 0.3) is 5.91 Å². The van der Waals surface area contributed by atoms with Gasteiger partial charge in [0, 0.05) is 42.5 Å². The molecule has 0 saturated carbocycles. The summed E-state index contributed by atoms with van der Waals surface area (Å²) in [5.74, 6) is -1.67. The number of aliphatic hydroxyl groups excluding tert-OH is 1. The molecule has 2 aromatic rings. The number of likely N-dealkylation sites (N-methyl/N-ethyl adjacent to an activating group) is 1. The molecule has 2 aliphatic heterocycles. The molecule has 2 heterocycles. The number of fused-ring (bicyclic) bond motifs is 1. The van der Waals surface area contributed by atoms with Crippen molar-refractivity contribution in [3.8, 4) is 5.75 Å². The second-order valence-corrected chi connectivity index (χ2v) is 8.63. The van der Waals surface area contributed by atoms with Crippen LogP contribution in [0.3, 0.4) is 0 Å². The van der Waals surface area contributed by atoms with Gasteiger partial charge in [-0.3, -0.25) is 14.5 Å². The van der Waals surface area contributed by atoms with E-state index in [0.29, 0.717) is 5.69 Å². The summed E-state index contributed by atoms with van der Waals surface area (Å²) in [6, 6.07) is 8.85. The average Bonchev–Trinajstić information content (AvgIpc) is 3.24. The Morgan fingerprint density at radius 1 is 1.24 bits per heavy atom. The van der Waals surface area contributed by atoms with Crippen LogP contribution in [0.5, 0.6) is 5.75 Å². The number of carbonyl (C=O) groups excluding carboxylic acids is 2. The average molecular weight is 484 g/mol. The first-order chi connectivity index (χ1) is 15.4. The number of amides is 2. The number of nitrogens with one attached hydrogen (secondary N) is 1. The second-order valence-electron chi connectivity index (χ2n) is 8.19. The van der Waals surface area contributed by atoms with Gasteiger partial charge in [0.15, 0.2) is 5.54 Å². The molecule has 1 unspecified atom stereocenters. The number of hydrogen-bond donors (Lipinski definition) is 2. The summed E-state index contributed by atoms with van der Waals surface area (Å²) < 4.78 is 44.1. The number of para-hydroxylation sites is 1. The normalized spacial score (nSPS) is 25.0. The van der Waals surface area contributed by atoms with E-state index < -0.39 is 41.6 Å². The van der Waals surface area contributed by atoms with E-state index in [2.05, 4.69) is 10.1 Å². The van der Waals surface area contributed by atoms with Gasteiger partial charge in [-0.15, -0.1) is 13.2 Å². The number of anilines is 1. The zero-order chi connectivity index (χ0) is 24.1. The number of aliphatic hydroxyl groups is 1. The van der Waals surface area contributed by atoms with Gasteiger partial charge in [-0.05, 0) is 30.7 Å². The van der Waals surface area contributed by atoms with E-state index in [9.17, 15) is 27.9 Å². The quantitative estimate of drug-likeness (QED) is 0.699. The monoisotopic (exact) mass is 483 g/mol. The topological polar surface area (TPSA) is 82.1 Å². The standard InChI is InChI=1S/C22H21ClF3N3O4/c1-28(2)19(31)17-10-13(30)11-29(17)21(14-5-3-4-6-18(14)33-22(24,25)26)15-9-12(23)7-8-16(15)27-20(21)32/h3-9,13,17,30H,10-11H2,1-2H3,(H,27,32)/t13-,17+,21?/m1/s1. The molecule has 1 saturated heterocycles. The Kier molecular flexibility index (Phi) is 5.80. The summed E-state index contributed by atoms with van der Waals surface area (Å²) in [6.45, 7) is -0.135. The summed E-state index contributed by atoms with van der Waals surface area (Å²) in [6.07, 6.45) is -6.00.